The highest BCUT2D eigenvalue weighted by molar-refractivity contribution is 7.99. The Kier molecular flexibility index (Phi) is 5.22. The molecule has 2 rings (SSSR count). The Morgan fingerprint density at radius 1 is 1.33 bits per heavy atom. The number of rotatable bonds is 4. The van der Waals surface area contributed by atoms with Gasteiger partial charge >= 0.3 is 5.97 Å². The summed E-state index contributed by atoms with van der Waals surface area (Å²) in [6, 6.07) is 0. The van der Waals surface area contributed by atoms with Crippen molar-refractivity contribution in [3.63, 3.8) is 0 Å². The van der Waals surface area contributed by atoms with Crippen LogP contribution in [0.4, 0.5) is 0 Å². The van der Waals surface area contributed by atoms with Gasteiger partial charge in [-0.15, -0.1) is 10.2 Å². The van der Waals surface area contributed by atoms with E-state index in [-0.39, 0.29) is 17.8 Å². The fourth-order valence-corrected chi connectivity index (χ4v) is 3.12. The summed E-state index contributed by atoms with van der Waals surface area (Å²) in [5.41, 5.74) is 0. The van der Waals surface area contributed by atoms with Crippen molar-refractivity contribution >= 4 is 23.6 Å². The number of hydrogen-bond acceptors (Lipinski definition) is 6. The minimum Gasteiger partial charge on any atom is -0.469 e. The summed E-state index contributed by atoms with van der Waals surface area (Å²) in [6.45, 7) is 3.09. The lowest BCUT2D eigenvalue weighted by atomic mass is 9.97. The molecule has 7 nitrogen and oxygen atoms in total. The van der Waals surface area contributed by atoms with Crippen LogP contribution in [-0.4, -0.2) is 57.5 Å². The molecule has 116 valence electrons. The highest BCUT2D eigenvalue weighted by Crippen LogP contribution is 2.21. The van der Waals surface area contributed by atoms with Crippen molar-refractivity contribution in [1.29, 1.82) is 0 Å². The van der Waals surface area contributed by atoms with Gasteiger partial charge in [-0.2, -0.15) is 0 Å². The Labute approximate surface area is 128 Å². The first kappa shape index (κ1) is 15.8. The van der Waals surface area contributed by atoms with Crippen LogP contribution in [0.15, 0.2) is 5.16 Å². The number of amides is 1. The van der Waals surface area contributed by atoms with Crippen molar-refractivity contribution in [3.05, 3.63) is 5.82 Å². The Balaban J connectivity index is 1.80. The molecule has 1 aliphatic rings. The molecule has 1 aliphatic heterocycles. The summed E-state index contributed by atoms with van der Waals surface area (Å²) >= 11 is 1.39. The molecular formula is C13H20N4O3S. The molecule has 1 amide bonds. The third-order valence-corrected chi connectivity index (χ3v) is 4.76. The van der Waals surface area contributed by atoms with E-state index in [9.17, 15) is 9.59 Å². The van der Waals surface area contributed by atoms with Gasteiger partial charge in [0.05, 0.1) is 18.8 Å². The number of likely N-dealkylation sites (tertiary alicyclic amines) is 1. The number of thioether (sulfide) groups is 1. The molecule has 0 aliphatic carbocycles. The van der Waals surface area contributed by atoms with E-state index in [0.717, 1.165) is 11.0 Å². The number of piperidine rings is 1. The molecule has 2 heterocycles. The topological polar surface area (TPSA) is 77.3 Å². The largest absolute Gasteiger partial charge is 0.469 e. The third kappa shape index (κ3) is 3.75. The van der Waals surface area contributed by atoms with Crippen LogP contribution in [0.3, 0.4) is 0 Å². The summed E-state index contributed by atoms with van der Waals surface area (Å²) in [7, 11) is 3.28. The first-order chi connectivity index (χ1) is 10.0. The Bertz CT molecular complexity index is 523. The predicted octanol–water partition coefficient (Wildman–Crippen LogP) is 0.627. The number of methoxy groups -OCH3 is 1. The molecule has 0 unspecified atom stereocenters. The zero-order valence-electron chi connectivity index (χ0n) is 12.5. The van der Waals surface area contributed by atoms with Crippen molar-refractivity contribution in [1.82, 2.24) is 19.7 Å². The number of aromatic nitrogens is 3. The van der Waals surface area contributed by atoms with Gasteiger partial charge in [0.15, 0.2) is 5.16 Å². The Hall–Kier alpha value is -1.57. The average Bonchev–Trinajstić information content (AvgIpc) is 2.83. The Morgan fingerprint density at radius 3 is 2.52 bits per heavy atom. The number of ether oxygens (including phenoxy) is 1. The smallest absolute Gasteiger partial charge is 0.308 e. The van der Waals surface area contributed by atoms with Crippen LogP contribution < -0.4 is 0 Å². The molecule has 1 aromatic rings. The second kappa shape index (κ2) is 6.93. The molecule has 8 heteroatoms. The van der Waals surface area contributed by atoms with Crippen molar-refractivity contribution in [2.75, 3.05) is 26.0 Å². The van der Waals surface area contributed by atoms with E-state index in [4.69, 9.17) is 4.74 Å². The van der Waals surface area contributed by atoms with Crippen molar-refractivity contribution in [2.45, 2.75) is 24.9 Å². The molecule has 21 heavy (non-hydrogen) atoms. The van der Waals surface area contributed by atoms with E-state index in [1.807, 2.05) is 18.5 Å². The molecule has 0 N–H and O–H groups in total. The molecule has 0 radical (unpaired) electrons. The van der Waals surface area contributed by atoms with E-state index in [0.29, 0.717) is 31.7 Å². The third-order valence-electron chi connectivity index (χ3n) is 3.76. The van der Waals surface area contributed by atoms with Crippen LogP contribution in [0.25, 0.3) is 0 Å². The van der Waals surface area contributed by atoms with Crippen LogP contribution >= 0.6 is 11.8 Å². The van der Waals surface area contributed by atoms with Gasteiger partial charge in [0.1, 0.15) is 5.82 Å². The maximum Gasteiger partial charge on any atom is 0.308 e. The molecule has 0 saturated carbocycles. The second-order valence-corrected chi connectivity index (χ2v) is 6.00. The van der Waals surface area contributed by atoms with Crippen LogP contribution in [0, 0.1) is 12.8 Å². The minimum absolute atomic E-state index is 0.0731. The molecule has 0 bridgehead atoms. The van der Waals surface area contributed by atoms with Crippen molar-refractivity contribution < 1.29 is 14.3 Å². The lowest BCUT2D eigenvalue weighted by Gasteiger charge is -2.30. The van der Waals surface area contributed by atoms with E-state index in [1.54, 1.807) is 4.90 Å². The number of carbonyl (C=O) groups is 2. The van der Waals surface area contributed by atoms with Gasteiger partial charge in [-0.25, -0.2) is 0 Å². The number of nitrogens with zero attached hydrogens (tertiary/aromatic N) is 4. The highest BCUT2D eigenvalue weighted by atomic mass is 32.2. The zero-order chi connectivity index (χ0) is 15.4. The number of esters is 1. The molecule has 0 spiro atoms. The van der Waals surface area contributed by atoms with Crippen molar-refractivity contribution in [3.8, 4) is 0 Å². The summed E-state index contributed by atoms with van der Waals surface area (Å²) in [4.78, 5) is 25.4. The normalized spacial score (nSPS) is 16.0. The van der Waals surface area contributed by atoms with Crippen LogP contribution in [0.5, 0.6) is 0 Å². The standard InChI is InChI=1S/C13H20N4O3S/c1-9-14-15-13(16(9)2)21-8-11(18)17-6-4-10(5-7-17)12(19)20-3/h10H,4-8H2,1-3H3. The van der Waals surface area contributed by atoms with Gasteiger partial charge in [0.2, 0.25) is 5.91 Å². The van der Waals surface area contributed by atoms with Crippen LogP contribution in [0.2, 0.25) is 0 Å². The SMILES string of the molecule is COC(=O)C1CCN(C(=O)CSc2nnc(C)n2C)CC1. The number of hydrogen-bond donors (Lipinski definition) is 0. The molecule has 1 saturated heterocycles. The lowest BCUT2D eigenvalue weighted by Crippen LogP contribution is -2.41. The highest BCUT2D eigenvalue weighted by Gasteiger charge is 2.27. The first-order valence-electron chi connectivity index (χ1n) is 6.87. The summed E-state index contributed by atoms with van der Waals surface area (Å²) in [5, 5.41) is 8.72. The Morgan fingerprint density at radius 2 is 2.00 bits per heavy atom. The van der Waals surface area contributed by atoms with Gasteiger partial charge in [0, 0.05) is 20.1 Å². The zero-order valence-corrected chi connectivity index (χ0v) is 13.4. The maximum atomic E-state index is 12.2. The molecule has 1 aromatic heterocycles. The van der Waals surface area contributed by atoms with Crippen LogP contribution in [-0.2, 0) is 21.4 Å². The van der Waals surface area contributed by atoms with Gasteiger partial charge < -0.3 is 14.2 Å². The molecule has 0 aromatic carbocycles. The van der Waals surface area contributed by atoms with Gasteiger partial charge in [-0.05, 0) is 19.8 Å². The summed E-state index contributed by atoms with van der Waals surface area (Å²) < 4.78 is 6.60. The van der Waals surface area contributed by atoms with Crippen LogP contribution in [0.1, 0.15) is 18.7 Å². The average molecular weight is 312 g/mol. The quantitative estimate of drug-likeness (QED) is 0.599. The lowest BCUT2D eigenvalue weighted by molar-refractivity contribution is -0.148. The minimum atomic E-state index is -0.175. The van der Waals surface area contributed by atoms with Gasteiger partial charge in [-0.1, -0.05) is 11.8 Å². The van der Waals surface area contributed by atoms with E-state index < -0.39 is 0 Å². The van der Waals surface area contributed by atoms with E-state index in [2.05, 4.69) is 10.2 Å². The van der Waals surface area contributed by atoms with Gasteiger partial charge in [-0.3, -0.25) is 9.59 Å². The predicted molar refractivity (Wildman–Crippen MR) is 77.8 cm³/mol. The molecule has 0 atom stereocenters. The van der Waals surface area contributed by atoms with E-state index in [1.165, 1.54) is 18.9 Å². The van der Waals surface area contributed by atoms with Crippen molar-refractivity contribution in [2.24, 2.45) is 13.0 Å². The molecular weight excluding hydrogens is 292 g/mol. The fraction of sp³-hybridized carbons (Fsp3) is 0.692. The summed E-state index contributed by atoms with van der Waals surface area (Å²) in [5.74, 6) is 0.987. The summed E-state index contributed by atoms with van der Waals surface area (Å²) in [6.07, 6.45) is 1.35. The number of aryl methyl sites for hydroxylation is 1. The number of carbonyl (C=O) groups excluding carboxylic acids is 2. The monoisotopic (exact) mass is 312 g/mol. The van der Waals surface area contributed by atoms with Gasteiger partial charge in [0.25, 0.3) is 0 Å². The fourth-order valence-electron chi connectivity index (χ4n) is 2.26. The maximum absolute atomic E-state index is 12.2. The second-order valence-electron chi connectivity index (χ2n) is 5.06. The molecule has 1 fully saturated rings. The van der Waals surface area contributed by atoms with E-state index >= 15 is 0 Å². The first-order valence-corrected chi connectivity index (χ1v) is 7.86.